The predicted molar refractivity (Wildman–Crippen MR) is 82.6 cm³/mol. The van der Waals surface area contributed by atoms with Crippen molar-refractivity contribution in [2.24, 2.45) is 11.8 Å². The Kier molecular flexibility index (Phi) is 5.41. The van der Waals surface area contributed by atoms with Crippen molar-refractivity contribution in [3.63, 3.8) is 0 Å². The number of amides is 1. The lowest BCUT2D eigenvalue weighted by Gasteiger charge is -2.28. The van der Waals surface area contributed by atoms with Crippen LogP contribution < -0.4 is 10.1 Å². The molecule has 5 nitrogen and oxygen atoms in total. The highest BCUT2D eigenvalue weighted by Gasteiger charge is 2.36. The Labute approximate surface area is 130 Å². The quantitative estimate of drug-likeness (QED) is 0.877. The van der Waals surface area contributed by atoms with Crippen LogP contribution in [-0.2, 0) is 9.59 Å². The van der Waals surface area contributed by atoms with Gasteiger partial charge in [0, 0.05) is 0 Å². The predicted octanol–water partition coefficient (Wildman–Crippen LogP) is 2.76. The molecule has 5 heteroatoms. The van der Waals surface area contributed by atoms with Crippen molar-refractivity contribution in [2.75, 3.05) is 7.11 Å². The minimum Gasteiger partial charge on any atom is -0.497 e. The number of benzene rings is 1. The van der Waals surface area contributed by atoms with Gasteiger partial charge >= 0.3 is 5.97 Å². The number of aliphatic carboxylic acids is 1. The molecule has 0 radical (unpaired) electrons. The zero-order chi connectivity index (χ0) is 16.1. The second-order valence-electron chi connectivity index (χ2n) is 5.84. The van der Waals surface area contributed by atoms with E-state index in [1.807, 2.05) is 31.2 Å². The molecule has 1 fully saturated rings. The molecule has 0 heterocycles. The summed E-state index contributed by atoms with van der Waals surface area (Å²) < 4.78 is 5.18. The molecule has 1 aromatic carbocycles. The summed E-state index contributed by atoms with van der Waals surface area (Å²) in [5.41, 5.74) is 0.940. The number of methoxy groups -OCH3 is 1. The van der Waals surface area contributed by atoms with Crippen LogP contribution in [0.4, 0.5) is 0 Å². The number of carboxylic acid groups (broad SMARTS) is 1. The van der Waals surface area contributed by atoms with Crippen molar-refractivity contribution >= 4 is 11.9 Å². The Balaban J connectivity index is 2.04. The fourth-order valence-corrected chi connectivity index (χ4v) is 3.05. The number of hydrogen-bond acceptors (Lipinski definition) is 3. The van der Waals surface area contributed by atoms with Gasteiger partial charge in [-0.3, -0.25) is 9.59 Å². The highest BCUT2D eigenvalue weighted by Crippen LogP contribution is 2.31. The largest absolute Gasteiger partial charge is 0.497 e. The molecule has 0 saturated heterocycles. The Morgan fingerprint density at radius 2 is 1.95 bits per heavy atom. The SMILES string of the molecule is COc1cccc([C@H](C)NC(=O)[C@@H]2CCCC[C@H]2C(=O)O)c1. The van der Waals surface area contributed by atoms with E-state index in [2.05, 4.69) is 5.32 Å². The van der Waals surface area contributed by atoms with Crippen LogP contribution in [0.25, 0.3) is 0 Å². The minimum atomic E-state index is -0.867. The van der Waals surface area contributed by atoms with Crippen LogP contribution in [0.2, 0.25) is 0 Å². The van der Waals surface area contributed by atoms with Gasteiger partial charge in [0.25, 0.3) is 0 Å². The molecule has 1 aliphatic carbocycles. The van der Waals surface area contributed by atoms with E-state index >= 15 is 0 Å². The molecule has 0 aliphatic heterocycles. The topological polar surface area (TPSA) is 75.6 Å². The lowest BCUT2D eigenvalue weighted by molar-refractivity contribution is -0.149. The third-order valence-corrected chi connectivity index (χ3v) is 4.37. The van der Waals surface area contributed by atoms with Crippen molar-refractivity contribution in [2.45, 2.75) is 38.6 Å². The first-order valence-electron chi connectivity index (χ1n) is 7.70. The van der Waals surface area contributed by atoms with Crippen LogP contribution in [0, 0.1) is 11.8 Å². The van der Waals surface area contributed by atoms with Crippen molar-refractivity contribution in [3.05, 3.63) is 29.8 Å². The molecule has 120 valence electrons. The van der Waals surface area contributed by atoms with Crippen LogP contribution in [0.15, 0.2) is 24.3 Å². The Morgan fingerprint density at radius 1 is 1.27 bits per heavy atom. The van der Waals surface area contributed by atoms with E-state index in [1.165, 1.54) is 0 Å². The first-order chi connectivity index (χ1) is 10.5. The molecule has 0 unspecified atom stereocenters. The molecule has 22 heavy (non-hydrogen) atoms. The van der Waals surface area contributed by atoms with Gasteiger partial charge in [-0.1, -0.05) is 25.0 Å². The smallest absolute Gasteiger partial charge is 0.307 e. The molecular weight excluding hydrogens is 282 g/mol. The van der Waals surface area contributed by atoms with Crippen molar-refractivity contribution < 1.29 is 19.4 Å². The Hall–Kier alpha value is -2.04. The lowest BCUT2D eigenvalue weighted by atomic mass is 9.78. The van der Waals surface area contributed by atoms with Gasteiger partial charge in [-0.2, -0.15) is 0 Å². The van der Waals surface area contributed by atoms with Gasteiger partial charge in [0.05, 0.1) is 25.0 Å². The average Bonchev–Trinajstić information content (AvgIpc) is 2.54. The lowest BCUT2D eigenvalue weighted by Crippen LogP contribution is -2.40. The van der Waals surface area contributed by atoms with Gasteiger partial charge in [-0.25, -0.2) is 0 Å². The molecule has 1 amide bonds. The van der Waals surface area contributed by atoms with Crippen LogP contribution in [0.5, 0.6) is 5.75 Å². The van der Waals surface area contributed by atoms with Crippen LogP contribution in [-0.4, -0.2) is 24.1 Å². The molecular formula is C17H23NO4. The normalized spacial score (nSPS) is 22.6. The number of carbonyl (C=O) groups is 2. The van der Waals surface area contributed by atoms with Gasteiger partial charge < -0.3 is 15.2 Å². The number of nitrogens with one attached hydrogen (secondary N) is 1. The maximum absolute atomic E-state index is 12.4. The molecule has 3 atom stereocenters. The fraction of sp³-hybridized carbons (Fsp3) is 0.529. The number of ether oxygens (including phenoxy) is 1. The van der Waals surface area contributed by atoms with E-state index in [0.717, 1.165) is 24.2 Å². The van der Waals surface area contributed by atoms with Crippen LogP contribution >= 0.6 is 0 Å². The van der Waals surface area contributed by atoms with E-state index in [1.54, 1.807) is 7.11 Å². The molecule has 1 aliphatic rings. The monoisotopic (exact) mass is 305 g/mol. The van der Waals surface area contributed by atoms with Gasteiger partial charge in [-0.15, -0.1) is 0 Å². The van der Waals surface area contributed by atoms with Gasteiger partial charge in [0.2, 0.25) is 5.91 Å². The minimum absolute atomic E-state index is 0.164. The summed E-state index contributed by atoms with van der Waals surface area (Å²) in [6.07, 6.45) is 3.02. The summed E-state index contributed by atoms with van der Waals surface area (Å²) in [4.78, 5) is 23.8. The summed E-state index contributed by atoms with van der Waals surface area (Å²) in [6, 6.07) is 7.33. The summed E-state index contributed by atoms with van der Waals surface area (Å²) in [5, 5.41) is 12.2. The van der Waals surface area contributed by atoms with Crippen molar-refractivity contribution in [1.29, 1.82) is 0 Å². The zero-order valence-electron chi connectivity index (χ0n) is 13.0. The highest BCUT2D eigenvalue weighted by atomic mass is 16.5. The van der Waals surface area contributed by atoms with Gasteiger partial charge in [0.1, 0.15) is 5.75 Å². The first kappa shape index (κ1) is 16.3. The number of carboxylic acids is 1. The zero-order valence-corrected chi connectivity index (χ0v) is 13.0. The third-order valence-electron chi connectivity index (χ3n) is 4.37. The maximum atomic E-state index is 12.4. The van der Waals surface area contributed by atoms with E-state index in [0.29, 0.717) is 12.8 Å². The van der Waals surface area contributed by atoms with Crippen LogP contribution in [0.1, 0.15) is 44.2 Å². The second-order valence-corrected chi connectivity index (χ2v) is 5.84. The average molecular weight is 305 g/mol. The molecule has 2 N–H and O–H groups in total. The molecule has 2 rings (SSSR count). The van der Waals surface area contributed by atoms with E-state index < -0.39 is 17.8 Å². The summed E-state index contributed by atoms with van der Waals surface area (Å²) in [6.45, 7) is 1.89. The Bertz CT molecular complexity index is 543. The van der Waals surface area contributed by atoms with E-state index in [9.17, 15) is 14.7 Å². The Morgan fingerprint density at radius 3 is 2.59 bits per heavy atom. The molecule has 0 bridgehead atoms. The number of hydrogen-bond donors (Lipinski definition) is 2. The van der Waals surface area contributed by atoms with E-state index in [4.69, 9.17) is 4.74 Å². The second kappa shape index (κ2) is 7.29. The maximum Gasteiger partial charge on any atom is 0.307 e. The summed E-state index contributed by atoms with van der Waals surface area (Å²) in [5.74, 6) is -1.29. The fourth-order valence-electron chi connectivity index (χ4n) is 3.05. The van der Waals surface area contributed by atoms with Gasteiger partial charge in [0.15, 0.2) is 0 Å². The standard InChI is InChI=1S/C17H23NO4/c1-11(12-6-5-7-13(10-12)22-2)18-16(19)14-8-3-4-9-15(14)17(20)21/h5-7,10-11,14-15H,3-4,8-9H2,1-2H3,(H,18,19)(H,20,21)/t11-,14+,15+/m0/s1. The molecule has 1 saturated carbocycles. The highest BCUT2D eigenvalue weighted by molar-refractivity contribution is 5.85. The summed E-state index contributed by atoms with van der Waals surface area (Å²) >= 11 is 0. The van der Waals surface area contributed by atoms with Gasteiger partial charge in [-0.05, 0) is 37.5 Å². The number of carbonyl (C=O) groups excluding carboxylic acids is 1. The molecule has 0 spiro atoms. The molecule has 1 aromatic rings. The van der Waals surface area contributed by atoms with Crippen LogP contribution in [0.3, 0.4) is 0 Å². The third kappa shape index (κ3) is 3.78. The number of rotatable bonds is 5. The first-order valence-corrected chi connectivity index (χ1v) is 7.70. The van der Waals surface area contributed by atoms with Crippen molar-refractivity contribution in [3.8, 4) is 5.75 Å². The van der Waals surface area contributed by atoms with E-state index in [-0.39, 0.29) is 11.9 Å². The summed E-state index contributed by atoms with van der Waals surface area (Å²) in [7, 11) is 1.60. The van der Waals surface area contributed by atoms with Crippen molar-refractivity contribution in [1.82, 2.24) is 5.32 Å². The molecule has 0 aromatic heterocycles.